The van der Waals surface area contributed by atoms with Crippen LogP contribution in [0.25, 0.3) is 0 Å². The lowest BCUT2D eigenvalue weighted by atomic mass is 10.2. The predicted molar refractivity (Wildman–Crippen MR) is 51.9 cm³/mol. The molecular weight excluding hydrogens is 333 g/mol. The Morgan fingerprint density at radius 3 is 2.31 bits per heavy atom. The fourth-order valence-electron chi connectivity index (χ4n) is 0.716. The maximum absolute atomic E-state index is 12.8. The summed E-state index contributed by atoms with van der Waals surface area (Å²) in [5.74, 6) is -2.19. The van der Waals surface area contributed by atoms with Crippen LogP contribution in [0.4, 0.5) is 8.78 Å². The van der Waals surface area contributed by atoms with E-state index in [-0.39, 0.29) is 14.5 Å². The van der Waals surface area contributed by atoms with E-state index in [0.717, 1.165) is 6.07 Å². The van der Waals surface area contributed by atoms with Crippen LogP contribution in [0.5, 0.6) is 0 Å². The summed E-state index contributed by atoms with van der Waals surface area (Å²) >= 11 is 10.8. The summed E-state index contributed by atoms with van der Waals surface area (Å²) < 4.78 is 25.5. The molecule has 1 rings (SSSR count). The molecule has 1 nitrogen and oxygen atoms in total. The lowest BCUT2D eigenvalue weighted by Crippen LogP contribution is -1.97. The quantitative estimate of drug-likeness (QED) is 0.433. The average Bonchev–Trinajstić information content (AvgIpc) is 2.07. The molecular formula is C7HBr2ClF2O. The monoisotopic (exact) mass is 332 g/mol. The molecule has 0 saturated carbocycles. The number of halogens is 5. The summed E-state index contributed by atoms with van der Waals surface area (Å²) in [7, 11) is 0. The van der Waals surface area contributed by atoms with Gasteiger partial charge in [-0.25, -0.2) is 8.78 Å². The van der Waals surface area contributed by atoms with Crippen LogP contribution in [0.3, 0.4) is 0 Å². The average molecular weight is 334 g/mol. The van der Waals surface area contributed by atoms with Gasteiger partial charge in [-0.1, -0.05) is 0 Å². The maximum atomic E-state index is 12.8. The Balaban J connectivity index is 3.50. The van der Waals surface area contributed by atoms with Gasteiger partial charge in [-0.15, -0.1) is 0 Å². The molecule has 13 heavy (non-hydrogen) atoms. The molecule has 0 saturated heterocycles. The first-order valence-electron chi connectivity index (χ1n) is 2.98. The van der Waals surface area contributed by atoms with Crippen LogP contribution in [0, 0.1) is 11.6 Å². The van der Waals surface area contributed by atoms with E-state index in [1.165, 1.54) is 0 Å². The molecule has 0 spiro atoms. The molecule has 0 bridgehead atoms. The van der Waals surface area contributed by atoms with Crippen molar-refractivity contribution >= 4 is 48.7 Å². The van der Waals surface area contributed by atoms with Gasteiger partial charge in [-0.05, 0) is 49.5 Å². The second-order valence-corrected chi connectivity index (χ2v) is 4.05. The van der Waals surface area contributed by atoms with E-state index in [9.17, 15) is 13.6 Å². The van der Waals surface area contributed by atoms with Crippen molar-refractivity contribution in [3.05, 3.63) is 32.2 Å². The summed E-state index contributed by atoms with van der Waals surface area (Å²) in [5.41, 5.74) is -0.118. The van der Waals surface area contributed by atoms with E-state index < -0.39 is 16.9 Å². The van der Waals surface area contributed by atoms with E-state index in [2.05, 4.69) is 31.9 Å². The molecule has 0 radical (unpaired) electrons. The highest BCUT2D eigenvalue weighted by Crippen LogP contribution is 2.31. The molecule has 0 aliphatic carbocycles. The molecule has 0 heterocycles. The van der Waals surface area contributed by atoms with Gasteiger partial charge in [-0.3, -0.25) is 4.79 Å². The lowest BCUT2D eigenvalue weighted by molar-refractivity contribution is 0.108. The third-order valence-electron chi connectivity index (χ3n) is 1.31. The van der Waals surface area contributed by atoms with Crippen LogP contribution >= 0.6 is 43.5 Å². The zero-order chi connectivity index (χ0) is 10.2. The van der Waals surface area contributed by atoms with E-state index in [1.807, 2.05) is 0 Å². The molecule has 0 atom stereocenters. The van der Waals surface area contributed by atoms with Crippen molar-refractivity contribution in [1.82, 2.24) is 0 Å². The Bertz CT molecular complexity index is 381. The van der Waals surface area contributed by atoms with Crippen molar-refractivity contribution in [3.8, 4) is 0 Å². The number of hydrogen-bond donors (Lipinski definition) is 0. The molecule has 0 amide bonds. The van der Waals surface area contributed by atoms with E-state index in [1.54, 1.807) is 0 Å². The fraction of sp³-hybridized carbons (Fsp3) is 0. The zero-order valence-corrected chi connectivity index (χ0v) is 9.80. The minimum absolute atomic E-state index is 0.103. The SMILES string of the molecule is O=C(Cl)c1cc(F)c(F)c(Br)c1Br. The second-order valence-electron chi connectivity index (χ2n) is 2.12. The van der Waals surface area contributed by atoms with Crippen molar-refractivity contribution in [2.24, 2.45) is 0 Å². The van der Waals surface area contributed by atoms with Gasteiger partial charge in [0.05, 0.1) is 10.0 Å². The maximum Gasteiger partial charge on any atom is 0.253 e. The molecule has 0 aliphatic rings. The van der Waals surface area contributed by atoms with Crippen molar-refractivity contribution in [3.63, 3.8) is 0 Å². The van der Waals surface area contributed by atoms with Crippen molar-refractivity contribution in [2.45, 2.75) is 0 Å². The van der Waals surface area contributed by atoms with Gasteiger partial charge in [0, 0.05) is 4.47 Å². The zero-order valence-electron chi connectivity index (χ0n) is 5.88. The van der Waals surface area contributed by atoms with Crippen LogP contribution in [0.1, 0.15) is 10.4 Å². The predicted octanol–water partition coefficient (Wildman–Crippen LogP) is 3.87. The van der Waals surface area contributed by atoms with Crippen LogP contribution in [0.15, 0.2) is 15.0 Å². The van der Waals surface area contributed by atoms with Gasteiger partial charge in [0.1, 0.15) is 0 Å². The molecule has 1 aromatic carbocycles. The van der Waals surface area contributed by atoms with E-state index in [4.69, 9.17) is 11.6 Å². The number of hydrogen-bond acceptors (Lipinski definition) is 1. The van der Waals surface area contributed by atoms with Crippen LogP contribution in [-0.4, -0.2) is 5.24 Å². The Labute approximate surface area is 94.3 Å². The Kier molecular flexibility index (Phi) is 3.43. The molecule has 0 aromatic heterocycles. The molecule has 0 unspecified atom stereocenters. The standard InChI is InChI=1S/C7HBr2ClF2O/c8-4-2(7(10)13)1-3(11)6(12)5(4)9/h1H. The smallest absolute Gasteiger partial charge is 0.253 e. The van der Waals surface area contributed by atoms with E-state index in [0.29, 0.717) is 0 Å². The second kappa shape index (κ2) is 4.02. The minimum Gasteiger partial charge on any atom is -0.276 e. The Morgan fingerprint density at radius 2 is 1.85 bits per heavy atom. The van der Waals surface area contributed by atoms with Gasteiger partial charge >= 0.3 is 0 Å². The lowest BCUT2D eigenvalue weighted by Gasteiger charge is -2.03. The molecule has 1 aromatic rings. The number of carbonyl (C=O) groups excluding carboxylic acids is 1. The summed E-state index contributed by atoms with van der Waals surface area (Å²) in [4.78, 5) is 10.7. The van der Waals surface area contributed by atoms with Crippen LogP contribution in [-0.2, 0) is 0 Å². The summed E-state index contributed by atoms with van der Waals surface area (Å²) in [6.07, 6.45) is 0. The molecule has 70 valence electrons. The minimum atomic E-state index is -1.13. The van der Waals surface area contributed by atoms with Crippen molar-refractivity contribution in [1.29, 1.82) is 0 Å². The first-order valence-corrected chi connectivity index (χ1v) is 4.94. The first kappa shape index (κ1) is 11.1. The topological polar surface area (TPSA) is 17.1 Å². The van der Waals surface area contributed by atoms with Crippen molar-refractivity contribution in [2.75, 3.05) is 0 Å². The largest absolute Gasteiger partial charge is 0.276 e. The molecule has 0 fully saturated rings. The first-order chi connectivity index (χ1) is 5.95. The highest BCUT2D eigenvalue weighted by molar-refractivity contribution is 9.13. The van der Waals surface area contributed by atoms with Gasteiger partial charge in [0.15, 0.2) is 11.6 Å². The van der Waals surface area contributed by atoms with Gasteiger partial charge in [0.25, 0.3) is 5.24 Å². The van der Waals surface area contributed by atoms with Gasteiger partial charge in [0.2, 0.25) is 0 Å². The summed E-state index contributed by atoms with van der Waals surface area (Å²) in [6, 6.07) is 0.736. The van der Waals surface area contributed by atoms with Crippen molar-refractivity contribution < 1.29 is 13.6 Å². The number of rotatable bonds is 1. The van der Waals surface area contributed by atoms with Crippen LogP contribution < -0.4 is 0 Å². The molecule has 0 N–H and O–H groups in total. The van der Waals surface area contributed by atoms with E-state index >= 15 is 0 Å². The molecule has 0 aliphatic heterocycles. The highest BCUT2D eigenvalue weighted by Gasteiger charge is 2.17. The third-order valence-corrected chi connectivity index (χ3v) is 3.62. The number of benzene rings is 1. The normalized spacial score (nSPS) is 10.2. The summed E-state index contributed by atoms with van der Waals surface area (Å²) in [5, 5.41) is -0.855. The Morgan fingerprint density at radius 1 is 1.31 bits per heavy atom. The highest BCUT2D eigenvalue weighted by atomic mass is 79.9. The van der Waals surface area contributed by atoms with Crippen LogP contribution in [0.2, 0.25) is 0 Å². The third kappa shape index (κ3) is 2.08. The number of carbonyl (C=O) groups is 1. The van der Waals surface area contributed by atoms with Gasteiger partial charge < -0.3 is 0 Å². The van der Waals surface area contributed by atoms with Gasteiger partial charge in [-0.2, -0.15) is 0 Å². The summed E-state index contributed by atoms with van der Waals surface area (Å²) in [6.45, 7) is 0. The molecule has 6 heteroatoms. The fourth-order valence-corrected chi connectivity index (χ4v) is 1.85. The Hall–Kier alpha value is 0.